The highest BCUT2D eigenvalue weighted by Crippen LogP contribution is 2.48. The molecule has 4 rings (SSSR count). The topological polar surface area (TPSA) is 33.2 Å². The van der Waals surface area contributed by atoms with E-state index >= 15 is 0 Å². The van der Waals surface area contributed by atoms with E-state index in [2.05, 4.69) is 34.1 Å². The summed E-state index contributed by atoms with van der Waals surface area (Å²) in [5.74, 6) is 1.59. The summed E-state index contributed by atoms with van der Waals surface area (Å²) in [6.07, 6.45) is 5.02. The standard InChI is InChI=1S/C18H20N2OS/c21-18(16-12-15(16)13-4-2-1-3-5-13)20-9-6-14(7-10-20)17-19-8-11-22-17/h1-5,8,11,14-16H,6-7,9-10,12H2/t15-,16+/m1/s1. The molecule has 0 unspecified atom stereocenters. The average molecular weight is 312 g/mol. The Bertz CT molecular complexity index is 632. The fourth-order valence-corrected chi connectivity index (χ4v) is 4.36. The minimum atomic E-state index is 0.221. The maximum atomic E-state index is 12.7. The second-order valence-corrected chi connectivity index (χ2v) is 7.26. The van der Waals surface area contributed by atoms with Crippen LogP contribution in [0.2, 0.25) is 0 Å². The molecule has 4 heteroatoms. The highest BCUT2D eigenvalue weighted by atomic mass is 32.1. The van der Waals surface area contributed by atoms with Gasteiger partial charge in [-0.15, -0.1) is 11.3 Å². The number of nitrogens with zero attached hydrogens (tertiary/aromatic N) is 2. The molecule has 1 aromatic carbocycles. The molecule has 1 amide bonds. The summed E-state index contributed by atoms with van der Waals surface area (Å²) >= 11 is 1.74. The predicted molar refractivity (Wildman–Crippen MR) is 88.0 cm³/mol. The summed E-state index contributed by atoms with van der Waals surface area (Å²) < 4.78 is 0. The molecule has 114 valence electrons. The van der Waals surface area contributed by atoms with Crippen LogP contribution in [0, 0.1) is 5.92 Å². The van der Waals surface area contributed by atoms with Crippen LogP contribution in [-0.2, 0) is 4.79 Å². The van der Waals surface area contributed by atoms with Crippen LogP contribution in [0.1, 0.15) is 41.7 Å². The first kappa shape index (κ1) is 13.9. The van der Waals surface area contributed by atoms with E-state index in [9.17, 15) is 4.79 Å². The Morgan fingerprint density at radius 1 is 1.18 bits per heavy atom. The molecule has 2 atom stereocenters. The summed E-state index contributed by atoms with van der Waals surface area (Å²) in [4.78, 5) is 19.2. The minimum Gasteiger partial charge on any atom is -0.342 e. The summed E-state index contributed by atoms with van der Waals surface area (Å²) in [6, 6.07) is 10.5. The first-order chi connectivity index (χ1) is 10.8. The number of thiazole rings is 1. The van der Waals surface area contributed by atoms with E-state index in [4.69, 9.17) is 0 Å². The van der Waals surface area contributed by atoms with E-state index in [0.717, 1.165) is 32.4 Å². The number of carbonyl (C=O) groups is 1. The number of likely N-dealkylation sites (tertiary alicyclic amines) is 1. The van der Waals surface area contributed by atoms with Gasteiger partial charge in [0.25, 0.3) is 0 Å². The van der Waals surface area contributed by atoms with Crippen LogP contribution in [0.25, 0.3) is 0 Å². The quantitative estimate of drug-likeness (QED) is 0.866. The molecule has 1 aliphatic carbocycles. The smallest absolute Gasteiger partial charge is 0.226 e. The van der Waals surface area contributed by atoms with Gasteiger partial charge in [0.2, 0.25) is 5.91 Å². The van der Waals surface area contributed by atoms with Crippen molar-refractivity contribution in [3.05, 3.63) is 52.5 Å². The van der Waals surface area contributed by atoms with E-state index in [0.29, 0.717) is 17.7 Å². The molecular formula is C18H20N2OS. The summed E-state index contributed by atoms with van der Waals surface area (Å²) in [5, 5.41) is 3.28. The lowest BCUT2D eigenvalue weighted by Gasteiger charge is -2.31. The number of rotatable bonds is 3. The number of piperidine rings is 1. The molecule has 2 aliphatic rings. The highest BCUT2D eigenvalue weighted by molar-refractivity contribution is 7.09. The van der Waals surface area contributed by atoms with Gasteiger partial charge in [-0.2, -0.15) is 0 Å². The second kappa shape index (κ2) is 5.84. The Morgan fingerprint density at radius 2 is 1.95 bits per heavy atom. The Hall–Kier alpha value is -1.68. The van der Waals surface area contributed by atoms with Crippen LogP contribution in [0.3, 0.4) is 0 Å². The first-order valence-corrected chi connectivity index (χ1v) is 8.94. The maximum absolute atomic E-state index is 12.7. The van der Waals surface area contributed by atoms with Crippen molar-refractivity contribution in [2.45, 2.75) is 31.1 Å². The number of hydrogen-bond acceptors (Lipinski definition) is 3. The van der Waals surface area contributed by atoms with Gasteiger partial charge >= 0.3 is 0 Å². The van der Waals surface area contributed by atoms with Crippen LogP contribution in [0.5, 0.6) is 0 Å². The SMILES string of the molecule is O=C([C@H]1C[C@@H]1c1ccccc1)N1CCC(c2nccs2)CC1. The lowest BCUT2D eigenvalue weighted by molar-refractivity contribution is -0.133. The summed E-state index contributed by atoms with van der Waals surface area (Å²) in [7, 11) is 0. The number of aromatic nitrogens is 1. The van der Waals surface area contributed by atoms with Crippen molar-refractivity contribution in [3.63, 3.8) is 0 Å². The molecule has 1 aliphatic heterocycles. The van der Waals surface area contributed by atoms with Gasteiger partial charge in [0, 0.05) is 36.5 Å². The number of hydrogen-bond donors (Lipinski definition) is 0. The summed E-state index contributed by atoms with van der Waals surface area (Å²) in [5.41, 5.74) is 1.32. The number of amides is 1. The van der Waals surface area contributed by atoms with Gasteiger partial charge in [0.05, 0.1) is 5.01 Å². The lowest BCUT2D eigenvalue weighted by Crippen LogP contribution is -2.39. The molecule has 0 radical (unpaired) electrons. The van der Waals surface area contributed by atoms with E-state index in [1.54, 1.807) is 11.3 Å². The van der Waals surface area contributed by atoms with Gasteiger partial charge in [-0.25, -0.2) is 4.98 Å². The van der Waals surface area contributed by atoms with Crippen LogP contribution in [0.15, 0.2) is 41.9 Å². The molecule has 2 aromatic rings. The zero-order valence-electron chi connectivity index (χ0n) is 12.5. The van der Waals surface area contributed by atoms with Crippen molar-refractivity contribution >= 4 is 17.2 Å². The maximum Gasteiger partial charge on any atom is 0.226 e. The predicted octanol–water partition coefficient (Wildman–Crippen LogP) is 3.65. The van der Waals surface area contributed by atoms with Crippen molar-refractivity contribution in [1.29, 1.82) is 0 Å². The fraction of sp³-hybridized carbons (Fsp3) is 0.444. The van der Waals surface area contributed by atoms with Gasteiger partial charge in [-0.3, -0.25) is 4.79 Å². The molecule has 0 bridgehead atoms. The molecule has 1 aromatic heterocycles. The van der Waals surface area contributed by atoms with Crippen LogP contribution >= 0.6 is 11.3 Å². The third-order valence-electron chi connectivity index (χ3n) is 4.94. The van der Waals surface area contributed by atoms with Crippen LogP contribution in [0.4, 0.5) is 0 Å². The molecule has 22 heavy (non-hydrogen) atoms. The molecular weight excluding hydrogens is 292 g/mol. The third kappa shape index (κ3) is 2.68. The van der Waals surface area contributed by atoms with Gasteiger partial charge in [-0.1, -0.05) is 30.3 Å². The van der Waals surface area contributed by atoms with Gasteiger partial charge in [0.15, 0.2) is 0 Å². The van der Waals surface area contributed by atoms with E-state index < -0.39 is 0 Å². The Kier molecular flexibility index (Phi) is 3.70. The Labute approximate surface area is 135 Å². The van der Waals surface area contributed by atoms with Gasteiger partial charge < -0.3 is 4.90 Å². The fourth-order valence-electron chi connectivity index (χ4n) is 3.55. The van der Waals surface area contributed by atoms with Gasteiger partial charge in [-0.05, 0) is 30.7 Å². The molecule has 0 N–H and O–H groups in total. The van der Waals surface area contributed by atoms with E-state index in [-0.39, 0.29) is 5.92 Å². The van der Waals surface area contributed by atoms with Gasteiger partial charge in [0.1, 0.15) is 0 Å². The molecule has 0 spiro atoms. The van der Waals surface area contributed by atoms with Crippen molar-refractivity contribution in [3.8, 4) is 0 Å². The average Bonchev–Trinajstić information content (AvgIpc) is 3.20. The third-order valence-corrected chi connectivity index (χ3v) is 5.88. The normalized spacial score (nSPS) is 25.2. The largest absolute Gasteiger partial charge is 0.342 e. The molecule has 2 heterocycles. The minimum absolute atomic E-state index is 0.221. The molecule has 2 fully saturated rings. The Morgan fingerprint density at radius 3 is 2.64 bits per heavy atom. The summed E-state index contributed by atoms with van der Waals surface area (Å²) in [6.45, 7) is 1.78. The number of benzene rings is 1. The van der Waals surface area contributed by atoms with Crippen molar-refractivity contribution in [2.24, 2.45) is 5.92 Å². The van der Waals surface area contributed by atoms with Crippen LogP contribution < -0.4 is 0 Å². The molecule has 1 saturated carbocycles. The highest BCUT2D eigenvalue weighted by Gasteiger charge is 2.46. The molecule has 3 nitrogen and oxygen atoms in total. The zero-order chi connectivity index (χ0) is 14.9. The van der Waals surface area contributed by atoms with E-state index in [1.165, 1.54) is 10.6 Å². The van der Waals surface area contributed by atoms with E-state index in [1.807, 2.05) is 17.6 Å². The molecule has 1 saturated heterocycles. The monoisotopic (exact) mass is 312 g/mol. The first-order valence-electron chi connectivity index (χ1n) is 8.06. The Balaban J connectivity index is 1.34. The number of carbonyl (C=O) groups excluding carboxylic acids is 1. The lowest BCUT2D eigenvalue weighted by atomic mass is 9.97. The van der Waals surface area contributed by atoms with Crippen molar-refractivity contribution < 1.29 is 4.79 Å². The zero-order valence-corrected chi connectivity index (χ0v) is 13.3. The van der Waals surface area contributed by atoms with Crippen molar-refractivity contribution in [1.82, 2.24) is 9.88 Å². The second-order valence-electron chi connectivity index (χ2n) is 6.33. The van der Waals surface area contributed by atoms with Crippen molar-refractivity contribution in [2.75, 3.05) is 13.1 Å². The van der Waals surface area contributed by atoms with Crippen LogP contribution in [-0.4, -0.2) is 28.9 Å².